The summed E-state index contributed by atoms with van der Waals surface area (Å²) in [5, 5.41) is 2.81. The number of methoxy groups -OCH3 is 2. The predicted molar refractivity (Wildman–Crippen MR) is 137 cm³/mol. The van der Waals surface area contributed by atoms with Crippen LogP contribution in [-0.4, -0.2) is 73.7 Å². The van der Waals surface area contributed by atoms with Crippen LogP contribution in [0.2, 0.25) is 0 Å². The number of carbonyl (C=O) groups is 1. The fraction of sp³-hybridized carbons (Fsp3) is 0.385. The molecule has 180 valence electrons. The molecule has 1 amide bonds. The molecule has 0 spiro atoms. The first-order valence-electron chi connectivity index (χ1n) is 11.6. The van der Waals surface area contributed by atoms with Gasteiger partial charge in [0, 0.05) is 42.8 Å². The van der Waals surface area contributed by atoms with Gasteiger partial charge < -0.3 is 24.2 Å². The van der Waals surface area contributed by atoms with Gasteiger partial charge in [0.1, 0.15) is 17.5 Å². The van der Waals surface area contributed by atoms with E-state index in [0.29, 0.717) is 0 Å². The molecule has 8 heteroatoms. The van der Waals surface area contributed by atoms with Crippen LogP contribution in [0.1, 0.15) is 13.8 Å². The lowest BCUT2D eigenvalue weighted by Crippen LogP contribution is -2.53. The molecule has 2 heterocycles. The van der Waals surface area contributed by atoms with Gasteiger partial charge in [-0.3, -0.25) is 4.79 Å². The minimum absolute atomic E-state index is 0.118. The molecule has 1 saturated heterocycles. The van der Waals surface area contributed by atoms with Gasteiger partial charge >= 0.3 is 0 Å². The Morgan fingerprint density at radius 2 is 1.59 bits per heavy atom. The van der Waals surface area contributed by atoms with Crippen molar-refractivity contribution < 1.29 is 14.3 Å². The van der Waals surface area contributed by atoms with Gasteiger partial charge in [-0.05, 0) is 62.0 Å². The summed E-state index contributed by atoms with van der Waals surface area (Å²) >= 11 is 1.54. The van der Waals surface area contributed by atoms with Crippen molar-refractivity contribution in [1.82, 2.24) is 14.8 Å². The summed E-state index contributed by atoms with van der Waals surface area (Å²) in [6.07, 6.45) is 0. The van der Waals surface area contributed by atoms with Gasteiger partial charge in [-0.1, -0.05) is 6.92 Å². The summed E-state index contributed by atoms with van der Waals surface area (Å²) in [5.41, 5.74) is 2.79. The Morgan fingerprint density at radius 1 is 1.00 bits per heavy atom. The molecule has 0 N–H and O–H groups in total. The summed E-state index contributed by atoms with van der Waals surface area (Å²) in [6.45, 7) is 8.47. The van der Waals surface area contributed by atoms with Gasteiger partial charge in [-0.25, -0.2) is 4.98 Å². The summed E-state index contributed by atoms with van der Waals surface area (Å²) in [5.74, 6) is 1.70. The fourth-order valence-corrected chi connectivity index (χ4v) is 5.10. The van der Waals surface area contributed by atoms with Crippen molar-refractivity contribution in [2.75, 3.05) is 51.8 Å². The van der Waals surface area contributed by atoms with E-state index in [9.17, 15) is 4.79 Å². The Bertz CT molecular complexity index is 1080. The summed E-state index contributed by atoms with van der Waals surface area (Å²) in [7, 11) is 3.31. The van der Waals surface area contributed by atoms with E-state index >= 15 is 0 Å². The lowest BCUT2D eigenvalue weighted by molar-refractivity contribution is -0.133. The molecule has 34 heavy (non-hydrogen) atoms. The predicted octanol–water partition coefficient (Wildman–Crippen LogP) is 4.52. The number of likely N-dealkylation sites (N-methyl/N-ethyl adjacent to an activating group) is 1. The molecule has 1 aliphatic rings. The molecule has 0 aliphatic carbocycles. The minimum Gasteiger partial charge on any atom is -0.497 e. The second-order valence-electron chi connectivity index (χ2n) is 8.25. The maximum absolute atomic E-state index is 13.6. The molecule has 1 fully saturated rings. The molecule has 0 saturated carbocycles. The first-order chi connectivity index (χ1) is 16.5. The molecule has 2 aromatic carbocycles. The smallest absolute Gasteiger partial charge is 0.245 e. The van der Waals surface area contributed by atoms with Crippen LogP contribution in [0.5, 0.6) is 11.5 Å². The normalized spacial score (nSPS) is 15.1. The maximum Gasteiger partial charge on any atom is 0.245 e. The number of rotatable bonds is 8. The van der Waals surface area contributed by atoms with Gasteiger partial charge in [0.05, 0.1) is 19.9 Å². The van der Waals surface area contributed by atoms with Crippen LogP contribution in [0, 0.1) is 0 Å². The van der Waals surface area contributed by atoms with Crippen LogP contribution in [0.15, 0.2) is 53.9 Å². The highest BCUT2D eigenvalue weighted by Gasteiger charge is 2.31. The molecule has 0 radical (unpaired) electrons. The molecule has 1 aliphatic heterocycles. The Balaban J connectivity index is 1.63. The van der Waals surface area contributed by atoms with Crippen molar-refractivity contribution >= 4 is 28.1 Å². The zero-order valence-electron chi connectivity index (χ0n) is 20.2. The number of hydrogen-bond donors (Lipinski definition) is 0. The topological polar surface area (TPSA) is 58.1 Å². The average Bonchev–Trinajstić information content (AvgIpc) is 3.38. The maximum atomic E-state index is 13.6. The van der Waals surface area contributed by atoms with Crippen LogP contribution in [0.3, 0.4) is 0 Å². The van der Waals surface area contributed by atoms with E-state index in [1.165, 1.54) is 11.3 Å². The first-order valence-corrected chi connectivity index (χ1v) is 12.5. The van der Waals surface area contributed by atoms with Crippen LogP contribution in [0.25, 0.3) is 11.3 Å². The van der Waals surface area contributed by atoms with E-state index in [1.54, 1.807) is 14.2 Å². The van der Waals surface area contributed by atoms with Gasteiger partial charge in [-0.2, -0.15) is 0 Å². The average molecular weight is 481 g/mol. The van der Waals surface area contributed by atoms with Crippen molar-refractivity contribution in [1.29, 1.82) is 0 Å². The molecular weight excluding hydrogens is 448 g/mol. The number of anilines is 2. The molecule has 1 atom stereocenters. The largest absolute Gasteiger partial charge is 0.497 e. The fourth-order valence-electron chi connectivity index (χ4n) is 4.17. The Labute approximate surface area is 205 Å². The van der Waals surface area contributed by atoms with Gasteiger partial charge in [0.15, 0.2) is 5.13 Å². The van der Waals surface area contributed by atoms with E-state index in [0.717, 1.165) is 66.3 Å². The van der Waals surface area contributed by atoms with E-state index in [2.05, 4.69) is 11.8 Å². The number of ether oxygens (including phenoxy) is 2. The zero-order valence-corrected chi connectivity index (χ0v) is 21.0. The number of thiazole rings is 1. The quantitative estimate of drug-likeness (QED) is 0.473. The molecular formula is C26H32N4O3S. The molecule has 4 rings (SSSR count). The van der Waals surface area contributed by atoms with Crippen molar-refractivity contribution in [2.45, 2.75) is 19.9 Å². The van der Waals surface area contributed by atoms with Crippen molar-refractivity contribution in [2.24, 2.45) is 0 Å². The van der Waals surface area contributed by atoms with E-state index < -0.39 is 6.04 Å². The first kappa shape index (κ1) is 24.0. The standard InChI is InChI=1S/C26H32N4O3S/c1-5-28-14-16-29(17-15-28)25(31)19(2)30(21-8-12-23(33-4)13-9-21)26-27-24(18-34-26)20-6-10-22(32-3)11-7-20/h6-13,18-19H,5,14-17H2,1-4H3/t19-/m0/s1. The molecule has 3 aromatic rings. The van der Waals surface area contributed by atoms with E-state index in [-0.39, 0.29) is 5.91 Å². The Kier molecular flexibility index (Phi) is 7.70. The van der Waals surface area contributed by atoms with Crippen LogP contribution in [-0.2, 0) is 4.79 Å². The van der Waals surface area contributed by atoms with Crippen LogP contribution < -0.4 is 14.4 Å². The number of benzene rings is 2. The van der Waals surface area contributed by atoms with Gasteiger partial charge in [-0.15, -0.1) is 11.3 Å². The lowest BCUT2D eigenvalue weighted by Gasteiger charge is -2.37. The van der Waals surface area contributed by atoms with E-state index in [1.807, 2.05) is 70.6 Å². The van der Waals surface area contributed by atoms with Crippen LogP contribution >= 0.6 is 11.3 Å². The number of aromatic nitrogens is 1. The number of hydrogen-bond acceptors (Lipinski definition) is 7. The lowest BCUT2D eigenvalue weighted by atomic mass is 10.1. The second kappa shape index (κ2) is 10.9. The number of carbonyl (C=O) groups excluding carboxylic acids is 1. The van der Waals surface area contributed by atoms with Gasteiger partial charge in [0.25, 0.3) is 0 Å². The third-order valence-electron chi connectivity index (χ3n) is 6.31. The number of amides is 1. The monoisotopic (exact) mass is 480 g/mol. The highest BCUT2D eigenvalue weighted by atomic mass is 32.1. The van der Waals surface area contributed by atoms with Crippen LogP contribution in [0.4, 0.5) is 10.8 Å². The minimum atomic E-state index is -0.392. The highest BCUT2D eigenvalue weighted by Crippen LogP contribution is 2.35. The second-order valence-corrected chi connectivity index (χ2v) is 9.08. The molecule has 7 nitrogen and oxygen atoms in total. The van der Waals surface area contributed by atoms with Crippen molar-refractivity contribution in [3.8, 4) is 22.8 Å². The molecule has 1 aromatic heterocycles. The molecule has 0 bridgehead atoms. The summed E-state index contributed by atoms with van der Waals surface area (Å²) in [4.78, 5) is 24.9. The highest BCUT2D eigenvalue weighted by molar-refractivity contribution is 7.14. The van der Waals surface area contributed by atoms with Crippen molar-refractivity contribution in [3.05, 3.63) is 53.9 Å². The summed E-state index contributed by atoms with van der Waals surface area (Å²) < 4.78 is 10.6. The van der Waals surface area contributed by atoms with Gasteiger partial charge in [0.2, 0.25) is 5.91 Å². The Morgan fingerprint density at radius 3 is 2.15 bits per heavy atom. The SMILES string of the molecule is CCN1CCN(C(=O)[C@H](C)N(c2ccc(OC)cc2)c2nc(-c3ccc(OC)cc3)cs2)CC1. The molecule has 0 unspecified atom stereocenters. The third kappa shape index (κ3) is 5.18. The third-order valence-corrected chi connectivity index (χ3v) is 7.15. The summed E-state index contributed by atoms with van der Waals surface area (Å²) in [6, 6.07) is 15.2. The van der Waals surface area contributed by atoms with Crippen molar-refractivity contribution in [3.63, 3.8) is 0 Å². The number of nitrogens with zero attached hydrogens (tertiary/aromatic N) is 4. The van der Waals surface area contributed by atoms with E-state index in [4.69, 9.17) is 14.5 Å². The zero-order chi connectivity index (χ0) is 24.1. The Hall–Kier alpha value is -3.10. The number of piperazine rings is 1.